The van der Waals surface area contributed by atoms with E-state index in [0.29, 0.717) is 23.8 Å². The lowest BCUT2D eigenvalue weighted by molar-refractivity contribution is -0.144. The van der Waals surface area contributed by atoms with Crippen LogP contribution in [0.5, 0.6) is 0 Å². The van der Waals surface area contributed by atoms with E-state index < -0.39 is 0 Å². The number of esters is 1. The number of rotatable bonds is 5. The Bertz CT molecular complexity index is 791. The molecule has 1 heterocycles. The monoisotopic (exact) mass is 325 g/mol. The fraction of sp³-hybridized carbons (Fsp3) is 0.500. The number of aromatic nitrogens is 1. The van der Waals surface area contributed by atoms with Gasteiger partial charge in [0.05, 0.1) is 0 Å². The number of fused-ring (bicyclic) bond motifs is 3. The standard InChI is InChI=1S/C20H23NO3/c1-12-20(16-4-2-3-5-17(16)21-12)18(22)11-24-19(23)10-15-9-13-6-7-14(15)8-13/h2-5,13-15,21H,6-11H2,1H3/t13-,14+,15-/m0/s1. The molecule has 2 bridgehead atoms. The predicted octanol–water partition coefficient (Wildman–Crippen LogP) is 4.03. The number of nitrogens with one attached hydrogen (secondary N) is 1. The second-order valence-electron chi connectivity index (χ2n) is 7.39. The molecule has 1 aromatic carbocycles. The molecule has 2 aromatic rings. The van der Waals surface area contributed by atoms with Crippen LogP contribution in [0.1, 0.15) is 48.2 Å². The molecule has 0 unspecified atom stereocenters. The number of carbonyl (C=O) groups excluding carboxylic acids is 2. The van der Waals surface area contributed by atoms with E-state index in [2.05, 4.69) is 4.98 Å². The van der Waals surface area contributed by atoms with Gasteiger partial charge >= 0.3 is 5.97 Å². The van der Waals surface area contributed by atoms with Gasteiger partial charge in [-0.3, -0.25) is 9.59 Å². The van der Waals surface area contributed by atoms with Crippen LogP contribution < -0.4 is 0 Å². The van der Waals surface area contributed by atoms with E-state index >= 15 is 0 Å². The van der Waals surface area contributed by atoms with Crippen LogP contribution in [0.25, 0.3) is 10.9 Å². The molecule has 4 rings (SSSR count). The van der Waals surface area contributed by atoms with Crippen molar-refractivity contribution in [3.05, 3.63) is 35.5 Å². The predicted molar refractivity (Wildman–Crippen MR) is 91.9 cm³/mol. The molecule has 1 N–H and O–H groups in total. The van der Waals surface area contributed by atoms with E-state index in [-0.39, 0.29) is 18.4 Å². The second kappa shape index (κ2) is 6.08. The third-order valence-corrected chi connectivity index (χ3v) is 5.85. The van der Waals surface area contributed by atoms with Gasteiger partial charge in [-0.2, -0.15) is 0 Å². The van der Waals surface area contributed by atoms with Gasteiger partial charge in [0.15, 0.2) is 6.61 Å². The number of Topliss-reactive ketones (excluding diaryl/α,β-unsaturated/α-hetero) is 1. The Morgan fingerprint density at radius 2 is 2.04 bits per heavy atom. The molecule has 0 aliphatic heterocycles. The first-order valence-electron chi connectivity index (χ1n) is 8.88. The third kappa shape index (κ3) is 2.74. The van der Waals surface area contributed by atoms with Crippen molar-refractivity contribution < 1.29 is 14.3 Å². The third-order valence-electron chi connectivity index (χ3n) is 5.85. The van der Waals surface area contributed by atoms with Gasteiger partial charge in [0, 0.05) is 28.6 Å². The van der Waals surface area contributed by atoms with Crippen molar-refractivity contribution in [1.29, 1.82) is 0 Å². The van der Waals surface area contributed by atoms with Crippen molar-refractivity contribution in [3.63, 3.8) is 0 Å². The normalized spacial score (nSPS) is 25.3. The highest BCUT2D eigenvalue weighted by atomic mass is 16.5. The van der Waals surface area contributed by atoms with E-state index in [1.54, 1.807) is 0 Å². The quantitative estimate of drug-likeness (QED) is 0.667. The Labute approximate surface area is 141 Å². The number of carbonyl (C=O) groups is 2. The van der Waals surface area contributed by atoms with Crippen LogP contribution in [0.3, 0.4) is 0 Å². The van der Waals surface area contributed by atoms with E-state index in [4.69, 9.17) is 4.74 Å². The van der Waals surface area contributed by atoms with Crippen LogP contribution in [-0.4, -0.2) is 23.3 Å². The van der Waals surface area contributed by atoms with Crippen molar-refractivity contribution in [2.45, 2.75) is 39.0 Å². The first kappa shape index (κ1) is 15.4. The molecule has 4 nitrogen and oxygen atoms in total. The van der Waals surface area contributed by atoms with Gasteiger partial charge in [-0.15, -0.1) is 0 Å². The zero-order valence-corrected chi connectivity index (χ0v) is 14.0. The summed E-state index contributed by atoms with van der Waals surface area (Å²) in [6, 6.07) is 7.71. The summed E-state index contributed by atoms with van der Waals surface area (Å²) in [4.78, 5) is 27.8. The summed E-state index contributed by atoms with van der Waals surface area (Å²) in [5.41, 5.74) is 2.40. The van der Waals surface area contributed by atoms with Crippen LogP contribution in [-0.2, 0) is 9.53 Å². The molecule has 24 heavy (non-hydrogen) atoms. The fourth-order valence-corrected chi connectivity index (χ4v) is 4.75. The van der Waals surface area contributed by atoms with Crippen LogP contribution in [0.4, 0.5) is 0 Å². The summed E-state index contributed by atoms with van der Waals surface area (Å²) in [7, 11) is 0. The lowest BCUT2D eigenvalue weighted by Gasteiger charge is -2.20. The van der Waals surface area contributed by atoms with Gasteiger partial charge in [0.25, 0.3) is 0 Å². The highest BCUT2D eigenvalue weighted by Gasteiger charge is 2.40. The minimum atomic E-state index is -0.224. The molecular weight excluding hydrogens is 302 g/mol. The largest absolute Gasteiger partial charge is 0.457 e. The van der Waals surface area contributed by atoms with Crippen LogP contribution in [0.2, 0.25) is 0 Å². The minimum absolute atomic E-state index is 0.133. The first-order chi connectivity index (χ1) is 11.6. The number of hydrogen-bond acceptors (Lipinski definition) is 3. The zero-order valence-electron chi connectivity index (χ0n) is 14.0. The Hall–Kier alpha value is -2.10. The lowest BCUT2D eigenvalue weighted by atomic mass is 9.86. The zero-order chi connectivity index (χ0) is 16.7. The van der Waals surface area contributed by atoms with Crippen LogP contribution in [0.15, 0.2) is 24.3 Å². The maximum absolute atomic E-state index is 12.5. The number of ether oxygens (including phenoxy) is 1. The average molecular weight is 325 g/mol. The molecule has 3 atom stereocenters. The summed E-state index contributed by atoms with van der Waals surface area (Å²) in [6.45, 7) is 1.71. The van der Waals surface area contributed by atoms with Gasteiger partial charge < -0.3 is 9.72 Å². The van der Waals surface area contributed by atoms with Gasteiger partial charge in [0.1, 0.15) is 0 Å². The van der Waals surface area contributed by atoms with Gasteiger partial charge in [-0.1, -0.05) is 24.6 Å². The molecule has 0 radical (unpaired) electrons. The number of H-pyrrole nitrogens is 1. The van der Waals surface area contributed by atoms with Gasteiger partial charge in [-0.05, 0) is 50.0 Å². The Morgan fingerprint density at radius 1 is 1.21 bits per heavy atom. The van der Waals surface area contributed by atoms with Crippen molar-refractivity contribution in [2.75, 3.05) is 6.61 Å². The molecule has 4 heteroatoms. The Morgan fingerprint density at radius 3 is 2.79 bits per heavy atom. The molecule has 126 valence electrons. The topological polar surface area (TPSA) is 59.2 Å². The van der Waals surface area contributed by atoms with Gasteiger partial charge in [0.2, 0.25) is 5.78 Å². The highest BCUT2D eigenvalue weighted by Crippen LogP contribution is 2.49. The summed E-state index contributed by atoms with van der Waals surface area (Å²) >= 11 is 0. The van der Waals surface area contributed by atoms with Crippen molar-refractivity contribution in [2.24, 2.45) is 17.8 Å². The summed E-state index contributed by atoms with van der Waals surface area (Å²) in [6.07, 6.45) is 5.51. The molecule has 0 spiro atoms. The number of ketones is 1. The summed E-state index contributed by atoms with van der Waals surface area (Å²) in [5.74, 6) is 1.64. The van der Waals surface area contributed by atoms with E-state index in [9.17, 15) is 9.59 Å². The van der Waals surface area contributed by atoms with Crippen molar-refractivity contribution in [3.8, 4) is 0 Å². The number of para-hydroxylation sites is 1. The molecule has 0 saturated heterocycles. The minimum Gasteiger partial charge on any atom is -0.457 e. The fourth-order valence-electron chi connectivity index (χ4n) is 4.75. The van der Waals surface area contributed by atoms with Crippen LogP contribution >= 0.6 is 0 Å². The molecular formula is C20H23NO3. The smallest absolute Gasteiger partial charge is 0.306 e. The lowest BCUT2D eigenvalue weighted by Crippen LogP contribution is -2.20. The molecule has 1 aromatic heterocycles. The van der Waals surface area contributed by atoms with Gasteiger partial charge in [-0.25, -0.2) is 0 Å². The summed E-state index contributed by atoms with van der Waals surface area (Å²) in [5, 5.41) is 0.893. The SMILES string of the molecule is Cc1[nH]c2ccccc2c1C(=O)COC(=O)C[C@@H]1C[C@H]2CC[C@@H]1C2. The molecule has 2 fully saturated rings. The van der Waals surface area contributed by atoms with E-state index in [1.165, 1.54) is 19.3 Å². The Kier molecular flexibility index (Phi) is 3.91. The maximum Gasteiger partial charge on any atom is 0.306 e. The number of benzene rings is 1. The second-order valence-corrected chi connectivity index (χ2v) is 7.39. The number of aryl methyl sites for hydroxylation is 1. The average Bonchev–Trinajstić information content (AvgIpc) is 3.25. The number of aromatic amines is 1. The van der Waals surface area contributed by atoms with Crippen molar-refractivity contribution >= 4 is 22.7 Å². The Balaban J connectivity index is 1.37. The molecule has 2 saturated carbocycles. The van der Waals surface area contributed by atoms with E-state index in [0.717, 1.165) is 28.9 Å². The van der Waals surface area contributed by atoms with Crippen molar-refractivity contribution in [1.82, 2.24) is 4.98 Å². The summed E-state index contributed by atoms with van der Waals surface area (Å²) < 4.78 is 5.30. The maximum atomic E-state index is 12.5. The molecule has 2 aliphatic carbocycles. The first-order valence-corrected chi connectivity index (χ1v) is 8.88. The number of hydrogen-bond donors (Lipinski definition) is 1. The van der Waals surface area contributed by atoms with E-state index in [1.807, 2.05) is 31.2 Å². The van der Waals surface area contributed by atoms with Crippen LogP contribution in [0, 0.1) is 24.7 Å². The molecule has 2 aliphatic rings. The molecule has 0 amide bonds. The highest BCUT2D eigenvalue weighted by molar-refractivity contribution is 6.10.